The van der Waals surface area contributed by atoms with Gasteiger partial charge >= 0.3 is 0 Å². The highest BCUT2D eigenvalue weighted by atomic mass is 79.9. The maximum Gasteiger partial charge on any atom is 0.137 e. The number of benzene rings is 1. The van der Waals surface area contributed by atoms with Crippen LogP contribution in [0.2, 0.25) is 0 Å². The molecule has 4 heteroatoms. The molecule has 1 fully saturated rings. The molecule has 0 spiro atoms. The van der Waals surface area contributed by atoms with Crippen LogP contribution < -0.4 is 5.32 Å². The largest absolute Gasteiger partial charge is 0.396 e. The molecule has 0 amide bonds. The Hall–Kier alpha value is -0.450. The predicted octanol–water partition coefficient (Wildman–Crippen LogP) is 2.45. The molecule has 0 heterocycles. The molecule has 1 saturated carbocycles. The highest BCUT2D eigenvalue weighted by Gasteiger charge is 2.41. The molecule has 0 aliphatic heterocycles. The molecule has 1 aromatic carbocycles. The van der Waals surface area contributed by atoms with E-state index in [1.807, 2.05) is 6.07 Å². The third-order valence-corrected chi connectivity index (χ3v) is 3.75. The van der Waals surface area contributed by atoms with E-state index in [0.717, 1.165) is 24.9 Å². The first-order chi connectivity index (χ1) is 7.65. The molecule has 0 unspecified atom stereocenters. The summed E-state index contributed by atoms with van der Waals surface area (Å²) in [6, 6.07) is 5.12. The summed E-state index contributed by atoms with van der Waals surface area (Å²) in [7, 11) is 0. The van der Waals surface area contributed by atoms with Crippen molar-refractivity contribution in [3.05, 3.63) is 34.1 Å². The van der Waals surface area contributed by atoms with Crippen molar-refractivity contribution in [2.45, 2.75) is 19.4 Å². The van der Waals surface area contributed by atoms with Gasteiger partial charge in [-0.15, -0.1) is 0 Å². The smallest absolute Gasteiger partial charge is 0.137 e. The van der Waals surface area contributed by atoms with Gasteiger partial charge in [-0.2, -0.15) is 0 Å². The van der Waals surface area contributed by atoms with Crippen LogP contribution >= 0.6 is 15.9 Å². The summed E-state index contributed by atoms with van der Waals surface area (Å²) in [5.74, 6) is -0.234. The fourth-order valence-electron chi connectivity index (χ4n) is 1.69. The number of hydrogen-bond donors (Lipinski definition) is 2. The van der Waals surface area contributed by atoms with Crippen LogP contribution in [0.5, 0.6) is 0 Å². The maximum atomic E-state index is 13.2. The number of aliphatic hydroxyl groups excluding tert-OH is 1. The lowest BCUT2D eigenvalue weighted by Crippen LogP contribution is -2.26. The topological polar surface area (TPSA) is 32.3 Å². The second kappa shape index (κ2) is 4.82. The van der Waals surface area contributed by atoms with Gasteiger partial charge in [0.1, 0.15) is 5.82 Å². The molecule has 16 heavy (non-hydrogen) atoms. The van der Waals surface area contributed by atoms with Gasteiger partial charge in [0.2, 0.25) is 0 Å². The Morgan fingerprint density at radius 2 is 2.19 bits per heavy atom. The highest BCUT2D eigenvalue weighted by molar-refractivity contribution is 9.10. The first-order valence-corrected chi connectivity index (χ1v) is 6.20. The molecule has 2 nitrogen and oxygen atoms in total. The third-order valence-electron chi connectivity index (χ3n) is 3.11. The van der Waals surface area contributed by atoms with Gasteiger partial charge in [0, 0.05) is 25.1 Å². The summed E-state index contributed by atoms with van der Waals surface area (Å²) < 4.78 is 13.7. The van der Waals surface area contributed by atoms with Gasteiger partial charge in [0.15, 0.2) is 0 Å². The van der Waals surface area contributed by atoms with E-state index >= 15 is 0 Å². The van der Waals surface area contributed by atoms with Crippen molar-refractivity contribution in [2.75, 3.05) is 13.2 Å². The lowest BCUT2D eigenvalue weighted by Gasteiger charge is -2.12. The molecule has 88 valence electrons. The van der Waals surface area contributed by atoms with Gasteiger partial charge in [-0.25, -0.2) is 4.39 Å². The monoisotopic (exact) mass is 287 g/mol. The summed E-state index contributed by atoms with van der Waals surface area (Å²) in [5.41, 5.74) is 1.03. The number of aliphatic hydroxyl groups is 1. The van der Waals surface area contributed by atoms with Gasteiger partial charge in [-0.05, 0) is 46.5 Å². The molecule has 0 aromatic heterocycles. The SMILES string of the molecule is OCC1(CNCc2ccc(Br)c(F)c2)CC1. The van der Waals surface area contributed by atoms with Crippen LogP contribution in [-0.4, -0.2) is 18.3 Å². The minimum atomic E-state index is -0.234. The van der Waals surface area contributed by atoms with Gasteiger partial charge in [0.05, 0.1) is 4.47 Å². The Kier molecular flexibility index (Phi) is 3.62. The standard InChI is InChI=1S/C12H15BrFNO/c13-10-2-1-9(5-11(10)14)6-15-7-12(8-16)3-4-12/h1-2,5,15-16H,3-4,6-8H2. The van der Waals surface area contributed by atoms with Crippen LogP contribution in [0.3, 0.4) is 0 Å². The van der Waals surface area contributed by atoms with E-state index in [2.05, 4.69) is 21.2 Å². The molecule has 0 atom stereocenters. The molecule has 1 aromatic rings. The first-order valence-electron chi connectivity index (χ1n) is 5.41. The molecule has 2 N–H and O–H groups in total. The molecule has 1 aliphatic rings. The fraction of sp³-hybridized carbons (Fsp3) is 0.500. The molecular formula is C12H15BrFNO. The van der Waals surface area contributed by atoms with Crippen LogP contribution in [0, 0.1) is 11.2 Å². The van der Waals surface area contributed by atoms with E-state index in [4.69, 9.17) is 5.11 Å². The van der Waals surface area contributed by atoms with Crippen LogP contribution in [-0.2, 0) is 6.54 Å². The molecule has 2 rings (SSSR count). The molecule has 0 saturated heterocycles. The minimum Gasteiger partial charge on any atom is -0.396 e. The van der Waals surface area contributed by atoms with Crippen LogP contribution in [0.15, 0.2) is 22.7 Å². The van der Waals surface area contributed by atoms with Gasteiger partial charge < -0.3 is 10.4 Å². The Morgan fingerprint density at radius 3 is 2.75 bits per heavy atom. The summed E-state index contributed by atoms with van der Waals surface area (Å²) in [6.45, 7) is 1.70. The van der Waals surface area contributed by atoms with E-state index in [1.165, 1.54) is 6.07 Å². The zero-order valence-corrected chi connectivity index (χ0v) is 10.6. The summed E-state index contributed by atoms with van der Waals surface area (Å²) in [5, 5.41) is 12.4. The number of hydrogen-bond acceptors (Lipinski definition) is 2. The van der Waals surface area contributed by atoms with Gasteiger partial charge in [0.25, 0.3) is 0 Å². The third kappa shape index (κ3) is 2.81. The second-order valence-corrected chi connectivity index (χ2v) is 5.36. The summed E-state index contributed by atoms with van der Waals surface area (Å²) in [6.07, 6.45) is 2.18. The van der Waals surface area contributed by atoms with E-state index in [9.17, 15) is 4.39 Å². The zero-order valence-electron chi connectivity index (χ0n) is 8.97. The normalized spacial score (nSPS) is 17.4. The fourth-order valence-corrected chi connectivity index (χ4v) is 1.94. The van der Waals surface area contributed by atoms with Crippen molar-refractivity contribution in [3.63, 3.8) is 0 Å². The Labute approximate surface area is 103 Å². The lowest BCUT2D eigenvalue weighted by molar-refractivity contribution is 0.207. The zero-order chi connectivity index (χ0) is 11.6. The van der Waals surface area contributed by atoms with Crippen molar-refractivity contribution < 1.29 is 9.50 Å². The molecule has 0 bridgehead atoms. The van der Waals surface area contributed by atoms with Crippen molar-refractivity contribution in [2.24, 2.45) is 5.41 Å². The Balaban J connectivity index is 1.83. The van der Waals surface area contributed by atoms with Crippen molar-refractivity contribution in [1.29, 1.82) is 0 Å². The van der Waals surface area contributed by atoms with Crippen LogP contribution in [0.25, 0.3) is 0 Å². The van der Waals surface area contributed by atoms with Crippen molar-refractivity contribution in [1.82, 2.24) is 5.32 Å². The lowest BCUT2D eigenvalue weighted by atomic mass is 10.1. The molecule has 0 radical (unpaired) electrons. The van der Waals surface area contributed by atoms with Gasteiger partial charge in [-0.3, -0.25) is 0 Å². The summed E-state index contributed by atoms with van der Waals surface area (Å²) in [4.78, 5) is 0. The van der Waals surface area contributed by atoms with E-state index in [1.54, 1.807) is 6.07 Å². The minimum absolute atomic E-state index is 0.105. The Bertz CT molecular complexity index is 379. The van der Waals surface area contributed by atoms with Gasteiger partial charge in [-0.1, -0.05) is 6.07 Å². The first kappa shape index (κ1) is 12.0. The Morgan fingerprint density at radius 1 is 1.44 bits per heavy atom. The molecule has 1 aliphatic carbocycles. The van der Waals surface area contributed by atoms with E-state index in [0.29, 0.717) is 11.0 Å². The maximum absolute atomic E-state index is 13.2. The van der Waals surface area contributed by atoms with E-state index < -0.39 is 0 Å². The van der Waals surface area contributed by atoms with Crippen LogP contribution in [0.4, 0.5) is 4.39 Å². The number of rotatable bonds is 5. The number of nitrogens with one attached hydrogen (secondary N) is 1. The predicted molar refractivity (Wildman–Crippen MR) is 64.6 cm³/mol. The highest BCUT2D eigenvalue weighted by Crippen LogP contribution is 2.44. The second-order valence-electron chi connectivity index (χ2n) is 4.51. The quantitative estimate of drug-likeness (QED) is 0.872. The van der Waals surface area contributed by atoms with Crippen molar-refractivity contribution >= 4 is 15.9 Å². The van der Waals surface area contributed by atoms with E-state index in [-0.39, 0.29) is 17.8 Å². The average Bonchev–Trinajstić information content (AvgIpc) is 3.04. The summed E-state index contributed by atoms with van der Waals surface area (Å²) >= 11 is 3.12. The van der Waals surface area contributed by atoms with Crippen molar-refractivity contribution in [3.8, 4) is 0 Å². The number of halogens is 2. The average molecular weight is 288 g/mol. The molecular weight excluding hydrogens is 273 g/mol. The van der Waals surface area contributed by atoms with Crippen LogP contribution in [0.1, 0.15) is 18.4 Å².